The maximum Gasteiger partial charge on any atom is 0.268 e. The van der Waals surface area contributed by atoms with E-state index in [1.807, 2.05) is 13.0 Å². The molecule has 2 amide bonds. The Morgan fingerprint density at radius 2 is 2.03 bits per heavy atom. The number of carbonyl (C=O) groups is 2. The first-order valence-corrected chi connectivity index (χ1v) is 9.27. The first kappa shape index (κ1) is 20.3. The van der Waals surface area contributed by atoms with Gasteiger partial charge in [-0.2, -0.15) is 0 Å². The molecule has 0 spiro atoms. The minimum Gasteiger partial charge on any atom is -0.493 e. The Morgan fingerprint density at radius 3 is 2.76 bits per heavy atom. The molecular weight excluding hydrogens is 372 g/mol. The monoisotopic (exact) mass is 396 g/mol. The van der Waals surface area contributed by atoms with Crippen LogP contribution < -0.4 is 24.8 Å². The lowest BCUT2D eigenvalue weighted by Crippen LogP contribution is -2.45. The lowest BCUT2D eigenvalue weighted by Gasteiger charge is -2.32. The highest BCUT2D eigenvalue weighted by Crippen LogP contribution is 2.39. The van der Waals surface area contributed by atoms with Crippen molar-refractivity contribution in [2.75, 3.05) is 24.4 Å². The van der Waals surface area contributed by atoms with Crippen LogP contribution in [0.1, 0.15) is 26.3 Å². The summed E-state index contributed by atoms with van der Waals surface area (Å²) in [6, 6.07) is 10.6. The van der Waals surface area contributed by atoms with Crippen LogP contribution in [0.2, 0.25) is 0 Å². The third kappa shape index (κ3) is 4.51. The number of rotatable bonds is 6. The van der Waals surface area contributed by atoms with Crippen LogP contribution in [0.25, 0.3) is 6.08 Å². The van der Waals surface area contributed by atoms with E-state index in [1.54, 1.807) is 57.4 Å². The number of hydrogen-bond acceptors (Lipinski definition) is 5. The van der Waals surface area contributed by atoms with E-state index in [0.29, 0.717) is 35.2 Å². The summed E-state index contributed by atoms with van der Waals surface area (Å²) in [6.45, 7) is 5.80. The van der Waals surface area contributed by atoms with Gasteiger partial charge in [-0.3, -0.25) is 9.59 Å². The van der Waals surface area contributed by atoms with Crippen LogP contribution in [0.3, 0.4) is 0 Å². The highest BCUT2D eigenvalue weighted by atomic mass is 16.5. The molecule has 0 saturated heterocycles. The molecule has 0 aliphatic carbocycles. The molecule has 0 atom stereocenters. The number of benzene rings is 2. The van der Waals surface area contributed by atoms with Crippen LogP contribution in [0.4, 0.5) is 11.4 Å². The molecule has 0 aromatic heterocycles. The van der Waals surface area contributed by atoms with Crippen LogP contribution >= 0.6 is 0 Å². The molecule has 152 valence electrons. The fourth-order valence-electron chi connectivity index (χ4n) is 2.84. The van der Waals surface area contributed by atoms with Crippen molar-refractivity contribution in [1.29, 1.82) is 0 Å². The fourth-order valence-corrected chi connectivity index (χ4v) is 2.84. The SMILES string of the molecule is CCOc1ccc(/C=C/C(=O)Nc2cccc3c2NC(=O)C(C)(C)O3)cc1OC. The smallest absolute Gasteiger partial charge is 0.268 e. The second-order valence-corrected chi connectivity index (χ2v) is 6.91. The summed E-state index contributed by atoms with van der Waals surface area (Å²) in [7, 11) is 1.56. The minimum absolute atomic E-state index is 0.274. The van der Waals surface area contributed by atoms with Gasteiger partial charge in [0.1, 0.15) is 11.4 Å². The molecule has 2 aromatic rings. The molecule has 0 fully saturated rings. The van der Waals surface area contributed by atoms with Crippen molar-refractivity contribution < 1.29 is 23.8 Å². The van der Waals surface area contributed by atoms with Crippen LogP contribution in [0.5, 0.6) is 17.2 Å². The zero-order valence-corrected chi connectivity index (χ0v) is 16.9. The largest absolute Gasteiger partial charge is 0.493 e. The van der Waals surface area contributed by atoms with Gasteiger partial charge < -0.3 is 24.8 Å². The van der Waals surface area contributed by atoms with E-state index >= 15 is 0 Å². The molecular formula is C22H24N2O5. The number of hydrogen-bond donors (Lipinski definition) is 2. The Morgan fingerprint density at radius 1 is 1.24 bits per heavy atom. The van der Waals surface area contributed by atoms with E-state index in [2.05, 4.69) is 10.6 Å². The molecule has 2 N–H and O–H groups in total. The summed E-state index contributed by atoms with van der Waals surface area (Å²) in [5, 5.41) is 5.57. The van der Waals surface area contributed by atoms with Crippen LogP contribution in [-0.4, -0.2) is 31.1 Å². The summed E-state index contributed by atoms with van der Waals surface area (Å²) in [5.74, 6) is 1.13. The molecule has 0 radical (unpaired) electrons. The Balaban J connectivity index is 1.75. The molecule has 1 aliphatic heterocycles. The Kier molecular flexibility index (Phi) is 5.77. The van der Waals surface area contributed by atoms with Crippen LogP contribution in [0.15, 0.2) is 42.5 Å². The second kappa shape index (κ2) is 8.26. The highest BCUT2D eigenvalue weighted by Gasteiger charge is 2.36. The number of fused-ring (bicyclic) bond motifs is 1. The standard InChI is InChI=1S/C22H24N2O5/c1-5-28-16-11-9-14(13-18(16)27-4)10-12-19(25)23-15-7-6-8-17-20(15)24-21(26)22(2,3)29-17/h6-13H,5H2,1-4H3,(H,23,25)(H,24,26)/b12-10+. The zero-order valence-electron chi connectivity index (χ0n) is 16.9. The van der Waals surface area contributed by atoms with Gasteiger partial charge in [0.05, 0.1) is 19.4 Å². The second-order valence-electron chi connectivity index (χ2n) is 6.91. The third-order valence-corrected chi connectivity index (χ3v) is 4.35. The summed E-state index contributed by atoms with van der Waals surface area (Å²) in [5.41, 5.74) is 0.725. The summed E-state index contributed by atoms with van der Waals surface area (Å²) < 4.78 is 16.5. The highest BCUT2D eigenvalue weighted by molar-refractivity contribution is 6.08. The van der Waals surface area contributed by atoms with E-state index in [1.165, 1.54) is 6.08 Å². The van der Waals surface area contributed by atoms with E-state index in [4.69, 9.17) is 14.2 Å². The molecule has 1 heterocycles. The number of para-hydroxylation sites is 1. The molecule has 7 heteroatoms. The first-order valence-electron chi connectivity index (χ1n) is 9.27. The van der Waals surface area contributed by atoms with Gasteiger partial charge in [0.2, 0.25) is 5.91 Å². The summed E-state index contributed by atoms with van der Waals surface area (Å²) in [6.07, 6.45) is 3.07. The number of methoxy groups -OCH3 is 1. The molecule has 1 aliphatic rings. The molecule has 0 bridgehead atoms. The lowest BCUT2D eigenvalue weighted by molar-refractivity contribution is -0.129. The number of ether oxygens (including phenoxy) is 3. The molecule has 3 rings (SSSR count). The Hall–Kier alpha value is -3.48. The molecule has 0 unspecified atom stereocenters. The summed E-state index contributed by atoms with van der Waals surface area (Å²) in [4.78, 5) is 24.6. The van der Waals surface area contributed by atoms with E-state index in [9.17, 15) is 9.59 Å². The minimum atomic E-state index is -0.970. The van der Waals surface area contributed by atoms with Crippen LogP contribution in [-0.2, 0) is 9.59 Å². The third-order valence-electron chi connectivity index (χ3n) is 4.35. The Bertz CT molecular complexity index is 966. The van der Waals surface area contributed by atoms with Gasteiger partial charge in [0.25, 0.3) is 5.91 Å². The normalized spacial score (nSPS) is 14.6. The van der Waals surface area contributed by atoms with Crippen LogP contribution in [0, 0.1) is 0 Å². The van der Waals surface area contributed by atoms with Gasteiger partial charge >= 0.3 is 0 Å². The fraction of sp³-hybridized carbons (Fsp3) is 0.273. The maximum absolute atomic E-state index is 12.4. The van der Waals surface area contributed by atoms with Gasteiger partial charge in [0, 0.05) is 6.08 Å². The lowest BCUT2D eigenvalue weighted by atomic mass is 10.1. The predicted octanol–water partition coefficient (Wildman–Crippen LogP) is 3.86. The van der Waals surface area contributed by atoms with Crippen molar-refractivity contribution in [3.8, 4) is 17.2 Å². The van der Waals surface area contributed by atoms with Crippen molar-refractivity contribution in [2.24, 2.45) is 0 Å². The average Bonchev–Trinajstić information content (AvgIpc) is 2.68. The van der Waals surface area contributed by atoms with Gasteiger partial charge in [-0.15, -0.1) is 0 Å². The summed E-state index contributed by atoms with van der Waals surface area (Å²) >= 11 is 0. The van der Waals surface area contributed by atoms with E-state index in [-0.39, 0.29) is 11.8 Å². The number of carbonyl (C=O) groups excluding carboxylic acids is 2. The number of amides is 2. The van der Waals surface area contributed by atoms with Gasteiger partial charge in [0.15, 0.2) is 17.1 Å². The maximum atomic E-state index is 12.4. The van der Waals surface area contributed by atoms with Crippen molar-refractivity contribution in [1.82, 2.24) is 0 Å². The number of nitrogens with one attached hydrogen (secondary N) is 2. The predicted molar refractivity (Wildman–Crippen MR) is 112 cm³/mol. The van der Waals surface area contributed by atoms with Crippen molar-refractivity contribution in [3.63, 3.8) is 0 Å². The average molecular weight is 396 g/mol. The van der Waals surface area contributed by atoms with Gasteiger partial charge in [-0.25, -0.2) is 0 Å². The molecule has 7 nitrogen and oxygen atoms in total. The Labute approximate surface area is 169 Å². The van der Waals surface area contributed by atoms with Crippen molar-refractivity contribution >= 4 is 29.3 Å². The molecule has 29 heavy (non-hydrogen) atoms. The van der Waals surface area contributed by atoms with Crippen molar-refractivity contribution in [3.05, 3.63) is 48.0 Å². The zero-order chi connectivity index (χ0) is 21.0. The van der Waals surface area contributed by atoms with E-state index < -0.39 is 5.60 Å². The first-order chi connectivity index (χ1) is 13.8. The van der Waals surface area contributed by atoms with Gasteiger partial charge in [-0.05, 0) is 56.7 Å². The van der Waals surface area contributed by atoms with Gasteiger partial charge in [-0.1, -0.05) is 12.1 Å². The van der Waals surface area contributed by atoms with Crippen molar-refractivity contribution in [2.45, 2.75) is 26.4 Å². The number of anilines is 2. The molecule has 2 aromatic carbocycles. The quantitative estimate of drug-likeness (QED) is 0.725. The molecule has 0 saturated carbocycles. The van der Waals surface area contributed by atoms with E-state index in [0.717, 1.165) is 5.56 Å². The topological polar surface area (TPSA) is 85.9 Å².